The minimum absolute atomic E-state index is 0.345. The third-order valence-electron chi connectivity index (χ3n) is 4.78. The summed E-state index contributed by atoms with van der Waals surface area (Å²) < 4.78 is 0. The van der Waals surface area contributed by atoms with E-state index < -0.39 is 42.3 Å². The molecule has 0 rings (SSSR count). The molecule has 0 spiro atoms. The van der Waals surface area contributed by atoms with Crippen LogP contribution in [0.15, 0.2) is 0 Å². The molecule has 5 N–H and O–H groups in total. The molecule has 9 nitrogen and oxygen atoms in total. The first-order chi connectivity index (χ1) is 14.5. The Hall–Kier alpha value is -2.16. The molecule has 0 unspecified atom stereocenters. The van der Waals surface area contributed by atoms with Crippen molar-refractivity contribution < 1.29 is 44.7 Å². The molecule has 0 aliphatic heterocycles. The molecule has 0 atom stereocenters. The Balaban J connectivity index is 0. The summed E-state index contributed by atoms with van der Waals surface area (Å²) in [4.78, 5) is 40.8. The van der Waals surface area contributed by atoms with Gasteiger partial charge in [-0.25, -0.2) is 4.79 Å². The van der Waals surface area contributed by atoms with E-state index in [0.717, 1.165) is 12.8 Å². The zero-order valence-electron chi connectivity index (χ0n) is 18.7. The molecule has 0 aromatic rings. The van der Waals surface area contributed by atoms with Gasteiger partial charge in [0.15, 0.2) is 5.60 Å². The van der Waals surface area contributed by atoms with Gasteiger partial charge in [-0.3, -0.25) is 14.4 Å². The second-order valence-electron chi connectivity index (χ2n) is 7.86. The maximum Gasteiger partial charge on any atom is 0.336 e. The van der Waals surface area contributed by atoms with E-state index in [1.54, 1.807) is 0 Å². The standard InChI is InChI=1S/C16H32O2.C6H8O7/c1-2-3-4-5-6-7-8-9-10-11-12-13-14-15-16(17)18;7-3(8)1-6(13,5(11)12)2-4(9)10/h2-15H2,1H3,(H,17,18);13H,1-2H2,(H,7,8)(H,9,10)(H,11,12). The summed E-state index contributed by atoms with van der Waals surface area (Å²) in [7, 11) is 0. The van der Waals surface area contributed by atoms with Crippen molar-refractivity contribution in [3.05, 3.63) is 0 Å². The van der Waals surface area contributed by atoms with Crippen LogP contribution in [-0.2, 0) is 19.2 Å². The zero-order valence-corrected chi connectivity index (χ0v) is 18.7. The fourth-order valence-electron chi connectivity index (χ4n) is 3.01. The van der Waals surface area contributed by atoms with Crippen LogP contribution >= 0.6 is 0 Å². The molecular weight excluding hydrogens is 408 g/mol. The van der Waals surface area contributed by atoms with E-state index in [2.05, 4.69) is 6.92 Å². The van der Waals surface area contributed by atoms with Gasteiger partial charge in [0.2, 0.25) is 0 Å². The maximum atomic E-state index is 10.3. The van der Waals surface area contributed by atoms with Crippen molar-refractivity contribution in [1.29, 1.82) is 0 Å². The van der Waals surface area contributed by atoms with E-state index in [1.807, 2.05) is 0 Å². The molecule has 0 aliphatic carbocycles. The summed E-state index contributed by atoms with van der Waals surface area (Å²) in [5, 5.41) is 42.3. The second kappa shape index (κ2) is 19.8. The summed E-state index contributed by atoms with van der Waals surface area (Å²) >= 11 is 0. The topological polar surface area (TPSA) is 169 Å². The first-order valence-corrected chi connectivity index (χ1v) is 11.2. The highest BCUT2D eigenvalue weighted by Crippen LogP contribution is 2.16. The quantitative estimate of drug-likeness (QED) is 0.181. The van der Waals surface area contributed by atoms with Crippen molar-refractivity contribution in [2.75, 3.05) is 0 Å². The Morgan fingerprint density at radius 2 is 0.871 bits per heavy atom. The van der Waals surface area contributed by atoms with Crippen LogP contribution in [0, 0.1) is 0 Å². The molecule has 0 radical (unpaired) electrons. The van der Waals surface area contributed by atoms with Crippen LogP contribution in [0.4, 0.5) is 0 Å². The number of aliphatic hydroxyl groups is 1. The minimum atomic E-state index is -2.74. The molecule has 0 amide bonds. The average molecular weight is 449 g/mol. The van der Waals surface area contributed by atoms with Crippen molar-refractivity contribution in [3.8, 4) is 0 Å². The van der Waals surface area contributed by atoms with E-state index in [1.165, 1.54) is 70.6 Å². The largest absolute Gasteiger partial charge is 0.481 e. The Morgan fingerprint density at radius 3 is 1.13 bits per heavy atom. The van der Waals surface area contributed by atoms with Gasteiger partial charge < -0.3 is 25.5 Å². The Labute approximate surface area is 184 Å². The average Bonchev–Trinajstić information content (AvgIpc) is 2.64. The van der Waals surface area contributed by atoms with Crippen molar-refractivity contribution in [2.45, 2.75) is 115 Å². The minimum Gasteiger partial charge on any atom is -0.481 e. The summed E-state index contributed by atoms with van der Waals surface area (Å²) in [6.07, 6.45) is 15.0. The monoisotopic (exact) mass is 448 g/mol. The SMILES string of the molecule is CCCCCCCCCCCCCCCC(=O)O.O=C(O)CC(O)(CC(=O)O)C(=O)O. The van der Waals surface area contributed by atoms with E-state index in [4.69, 9.17) is 25.5 Å². The van der Waals surface area contributed by atoms with Crippen molar-refractivity contribution in [1.82, 2.24) is 0 Å². The van der Waals surface area contributed by atoms with E-state index in [9.17, 15) is 19.2 Å². The lowest BCUT2D eigenvalue weighted by atomic mass is 9.96. The summed E-state index contributed by atoms with van der Waals surface area (Å²) in [6, 6.07) is 0. The zero-order chi connectivity index (χ0) is 24.1. The lowest BCUT2D eigenvalue weighted by molar-refractivity contribution is -0.170. The normalized spacial score (nSPS) is 10.8. The number of aliphatic carboxylic acids is 4. The Morgan fingerprint density at radius 1 is 0.548 bits per heavy atom. The smallest absolute Gasteiger partial charge is 0.336 e. The third-order valence-corrected chi connectivity index (χ3v) is 4.78. The predicted molar refractivity (Wildman–Crippen MR) is 115 cm³/mol. The Bertz CT molecular complexity index is 501. The van der Waals surface area contributed by atoms with Crippen molar-refractivity contribution in [3.63, 3.8) is 0 Å². The number of carboxylic acid groups (broad SMARTS) is 4. The lowest BCUT2D eigenvalue weighted by Gasteiger charge is -2.18. The van der Waals surface area contributed by atoms with Gasteiger partial charge in [0.1, 0.15) is 0 Å². The number of hydrogen-bond donors (Lipinski definition) is 5. The van der Waals surface area contributed by atoms with Crippen LogP contribution in [0.3, 0.4) is 0 Å². The molecule has 9 heteroatoms. The second-order valence-corrected chi connectivity index (χ2v) is 7.86. The van der Waals surface area contributed by atoms with Crippen molar-refractivity contribution in [2.24, 2.45) is 0 Å². The van der Waals surface area contributed by atoms with E-state index in [0.29, 0.717) is 6.42 Å². The molecule has 0 aromatic carbocycles. The molecule has 0 bridgehead atoms. The highest BCUT2D eigenvalue weighted by Gasteiger charge is 2.40. The lowest BCUT2D eigenvalue weighted by Crippen LogP contribution is -2.42. The van der Waals surface area contributed by atoms with Gasteiger partial charge in [-0.1, -0.05) is 84.0 Å². The molecular formula is C22H40O9. The molecule has 31 heavy (non-hydrogen) atoms. The van der Waals surface area contributed by atoms with Gasteiger partial charge in [0.05, 0.1) is 12.8 Å². The number of unbranched alkanes of at least 4 members (excludes halogenated alkanes) is 12. The van der Waals surface area contributed by atoms with Crippen LogP contribution in [0.2, 0.25) is 0 Å². The third kappa shape index (κ3) is 22.3. The molecule has 0 saturated heterocycles. The van der Waals surface area contributed by atoms with Gasteiger partial charge in [-0.05, 0) is 6.42 Å². The highest BCUT2D eigenvalue weighted by molar-refractivity contribution is 5.88. The molecule has 182 valence electrons. The number of hydrogen-bond acceptors (Lipinski definition) is 5. The van der Waals surface area contributed by atoms with Gasteiger partial charge in [0.25, 0.3) is 0 Å². The van der Waals surface area contributed by atoms with Crippen LogP contribution in [0.5, 0.6) is 0 Å². The van der Waals surface area contributed by atoms with Crippen LogP contribution in [0.1, 0.15) is 110 Å². The van der Waals surface area contributed by atoms with Crippen molar-refractivity contribution >= 4 is 23.9 Å². The van der Waals surface area contributed by atoms with Crippen LogP contribution in [-0.4, -0.2) is 55.0 Å². The molecule has 0 heterocycles. The molecule has 0 aromatic heterocycles. The fourth-order valence-corrected chi connectivity index (χ4v) is 3.01. The van der Waals surface area contributed by atoms with E-state index >= 15 is 0 Å². The maximum absolute atomic E-state index is 10.3. The van der Waals surface area contributed by atoms with Crippen LogP contribution < -0.4 is 0 Å². The van der Waals surface area contributed by atoms with E-state index in [-0.39, 0.29) is 0 Å². The number of carboxylic acids is 4. The summed E-state index contributed by atoms with van der Waals surface area (Å²) in [5.41, 5.74) is -2.74. The van der Waals surface area contributed by atoms with Gasteiger partial charge in [-0.15, -0.1) is 0 Å². The van der Waals surface area contributed by atoms with Gasteiger partial charge in [-0.2, -0.15) is 0 Å². The Kier molecular flexibility index (Phi) is 19.8. The summed E-state index contributed by atoms with van der Waals surface area (Å²) in [5.74, 6) is -5.67. The van der Waals surface area contributed by atoms with Gasteiger partial charge in [0, 0.05) is 6.42 Å². The van der Waals surface area contributed by atoms with Gasteiger partial charge >= 0.3 is 23.9 Å². The highest BCUT2D eigenvalue weighted by atomic mass is 16.4. The van der Waals surface area contributed by atoms with Crippen LogP contribution in [0.25, 0.3) is 0 Å². The molecule has 0 saturated carbocycles. The molecule has 0 aliphatic rings. The fraction of sp³-hybridized carbons (Fsp3) is 0.818. The number of carbonyl (C=O) groups is 4. The first-order valence-electron chi connectivity index (χ1n) is 11.2. The molecule has 0 fully saturated rings. The summed E-state index contributed by atoms with van der Waals surface area (Å²) in [6.45, 7) is 2.26. The predicted octanol–water partition coefficient (Wildman–Crippen LogP) is 4.30. The number of rotatable bonds is 19. The first kappa shape index (κ1) is 31.0.